The van der Waals surface area contributed by atoms with Crippen LogP contribution in [0.15, 0.2) is 30.3 Å². The lowest BCUT2D eigenvalue weighted by Crippen LogP contribution is -2.37. The minimum atomic E-state index is 0.391. The maximum atomic E-state index is 5.93. The molecule has 3 nitrogen and oxygen atoms in total. The van der Waals surface area contributed by atoms with Gasteiger partial charge in [0.1, 0.15) is 11.6 Å². The highest BCUT2D eigenvalue weighted by molar-refractivity contribution is 5.94. The van der Waals surface area contributed by atoms with Gasteiger partial charge in [-0.15, -0.1) is 0 Å². The molecular formula is C15H21N3. The number of hydrogen-bond donors (Lipinski definition) is 1. The summed E-state index contributed by atoms with van der Waals surface area (Å²) in [5.41, 5.74) is 5.93. The van der Waals surface area contributed by atoms with Crippen LogP contribution in [0.3, 0.4) is 0 Å². The van der Waals surface area contributed by atoms with Gasteiger partial charge in [0.15, 0.2) is 0 Å². The van der Waals surface area contributed by atoms with Crippen LogP contribution >= 0.6 is 0 Å². The lowest BCUT2D eigenvalue weighted by atomic mass is 10.1. The van der Waals surface area contributed by atoms with Crippen molar-refractivity contribution in [3.8, 4) is 0 Å². The maximum absolute atomic E-state index is 5.93. The molecule has 2 rings (SSSR count). The molecule has 0 unspecified atom stereocenters. The Hall–Kier alpha value is -1.77. The molecule has 0 fully saturated rings. The lowest BCUT2D eigenvalue weighted by molar-refractivity contribution is 0.603. The molecule has 96 valence electrons. The number of nitrogen functional groups attached to an aromatic ring is 1. The van der Waals surface area contributed by atoms with Gasteiger partial charge in [0.05, 0.1) is 0 Å². The molecule has 0 saturated carbocycles. The summed E-state index contributed by atoms with van der Waals surface area (Å²) in [4.78, 5) is 6.85. The molecule has 1 aromatic carbocycles. The van der Waals surface area contributed by atoms with Crippen molar-refractivity contribution in [1.29, 1.82) is 0 Å². The Morgan fingerprint density at radius 2 is 1.67 bits per heavy atom. The van der Waals surface area contributed by atoms with Crippen LogP contribution in [0.1, 0.15) is 27.7 Å². The zero-order chi connectivity index (χ0) is 13.3. The van der Waals surface area contributed by atoms with Gasteiger partial charge in [-0.1, -0.05) is 24.3 Å². The number of benzene rings is 1. The summed E-state index contributed by atoms with van der Waals surface area (Å²) >= 11 is 0. The number of nitrogens with two attached hydrogens (primary N) is 1. The van der Waals surface area contributed by atoms with Gasteiger partial charge in [-0.05, 0) is 39.1 Å². The molecule has 2 N–H and O–H groups in total. The first-order valence-corrected chi connectivity index (χ1v) is 6.44. The molecule has 0 aliphatic carbocycles. The van der Waals surface area contributed by atoms with Crippen molar-refractivity contribution in [2.45, 2.75) is 39.8 Å². The molecule has 1 heterocycles. The Morgan fingerprint density at radius 1 is 1.06 bits per heavy atom. The quantitative estimate of drug-likeness (QED) is 0.898. The molecule has 0 amide bonds. The first-order chi connectivity index (χ1) is 8.50. The van der Waals surface area contributed by atoms with Crippen molar-refractivity contribution < 1.29 is 0 Å². The van der Waals surface area contributed by atoms with Crippen LogP contribution in [0.25, 0.3) is 10.8 Å². The minimum absolute atomic E-state index is 0.391. The first kappa shape index (κ1) is 12.7. The van der Waals surface area contributed by atoms with Gasteiger partial charge in [-0.25, -0.2) is 4.98 Å². The van der Waals surface area contributed by atoms with Crippen LogP contribution in [-0.4, -0.2) is 17.1 Å². The van der Waals surface area contributed by atoms with Gasteiger partial charge in [0.2, 0.25) is 0 Å². The second-order valence-electron chi connectivity index (χ2n) is 5.19. The van der Waals surface area contributed by atoms with Crippen molar-refractivity contribution in [2.75, 3.05) is 10.6 Å². The number of pyridine rings is 1. The van der Waals surface area contributed by atoms with E-state index in [-0.39, 0.29) is 0 Å². The average Bonchev–Trinajstić information content (AvgIpc) is 2.27. The number of nitrogens with zero attached hydrogens (tertiary/aromatic N) is 2. The summed E-state index contributed by atoms with van der Waals surface area (Å²) < 4.78 is 0. The standard InChI is InChI=1S/C15H21N3/c1-10(2)18(11(3)4)15-13-8-6-5-7-12(13)9-14(16)17-15/h5-11H,1-4H3,(H2,16,17). The third kappa shape index (κ3) is 2.26. The summed E-state index contributed by atoms with van der Waals surface area (Å²) in [6, 6.07) is 11.0. The number of hydrogen-bond acceptors (Lipinski definition) is 3. The average molecular weight is 243 g/mol. The molecule has 2 aromatic rings. The van der Waals surface area contributed by atoms with Crippen molar-refractivity contribution in [2.24, 2.45) is 0 Å². The lowest BCUT2D eigenvalue weighted by Gasteiger charge is -2.33. The minimum Gasteiger partial charge on any atom is -0.384 e. The van der Waals surface area contributed by atoms with E-state index in [1.54, 1.807) is 0 Å². The van der Waals surface area contributed by atoms with Crippen LogP contribution in [0.4, 0.5) is 11.6 Å². The van der Waals surface area contributed by atoms with Crippen LogP contribution < -0.4 is 10.6 Å². The number of rotatable bonds is 3. The SMILES string of the molecule is CC(C)N(c1nc(N)cc2ccccc12)C(C)C. The molecule has 1 aromatic heterocycles. The summed E-state index contributed by atoms with van der Waals surface area (Å²) in [5, 5.41) is 2.31. The van der Waals surface area contributed by atoms with E-state index in [1.165, 1.54) is 0 Å². The molecule has 0 radical (unpaired) electrons. The smallest absolute Gasteiger partial charge is 0.139 e. The van der Waals surface area contributed by atoms with Crippen molar-refractivity contribution >= 4 is 22.4 Å². The van der Waals surface area contributed by atoms with Crippen molar-refractivity contribution in [3.63, 3.8) is 0 Å². The summed E-state index contributed by atoms with van der Waals surface area (Å²) in [6.45, 7) is 8.72. The highest BCUT2D eigenvalue weighted by Crippen LogP contribution is 2.29. The normalized spacial score (nSPS) is 11.4. The Morgan fingerprint density at radius 3 is 2.28 bits per heavy atom. The van der Waals surface area contributed by atoms with E-state index >= 15 is 0 Å². The van der Waals surface area contributed by atoms with E-state index in [0.29, 0.717) is 17.9 Å². The van der Waals surface area contributed by atoms with Crippen LogP contribution in [-0.2, 0) is 0 Å². The van der Waals surface area contributed by atoms with Crippen LogP contribution in [0.2, 0.25) is 0 Å². The van der Waals surface area contributed by atoms with E-state index in [4.69, 9.17) is 5.73 Å². The van der Waals surface area contributed by atoms with Crippen LogP contribution in [0, 0.1) is 0 Å². The van der Waals surface area contributed by atoms with Gasteiger partial charge in [-0.3, -0.25) is 0 Å². The summed E-state index contributed by atoms with van der Waals surface area (Å²) in [7, 11) is 0. The fraction of sp³-hybridized carbons (Fsp3) is 0.400. The second kappa shape index (κ2) is 4.84. The van der Waals surface area contributed by atoms with Gasteiger partial charge in [-0.2, -0.15) is 0 Å². The molecular weight excluding hydrogens is 222 g/mol. The predicted molar refractivity (Wildman–Crippen MR) is 78.9 cm³/mol. The van der Waals surface area contributed by atoms with Gasteiger partial charge < -0.3 is 10.6 Å². The molecule has 0 atom stereocenters. The third-order valence-electron chi connectivity index (χ3n) is 3.10. The van der Waals surface area contributed by atoms with E-state index in [9.17, 15) is 0 Å². The second-order valence-corrected chi connectivity index (χ2v) is 5.19. The molecule has 0 spiro atoms. The zero-order valence-electron chi connectivity index (χ0n) is 11.5. The largest absolute Gasteiger partial charge is 0.384 e. The highest BCUT2D eigenvalue weighted by atomic mass is 15.2. The number of anilines is 2. The van der Waals surface area contributed by atoms with Gasteiger partial charge in [0.25, 0.3) is 0 Å². The molecule has 0 aliphatic rings. The van der Waals surface area contributed by atoms with Gasteiger partial charge >= 0.3 is 0 Å². The zero-order valence-corrected chi connectivity index (χ0v) is 11.5. The Bertz CT molecular complexity index is 538. The van der Waals surface area contributed by atoms with E-state index in [2.05, 4.69) is 49.7 Å². The fourth-order valence-electron chi connectivity index (χ4n) is 2.48. The molecule has 3 heteroatoms. The first-order valence-electron chi connectivity index (χ1n) is 6.44. The van der Waals surface area contributed by atoms with E-state index < -0.39 is 0 Å². The molecule has 0 saturated heterocycles. The highest BCUT2D eigenvalue weighted by Gasteiger charge is 2.18. The van der Waals surface area contributed by atoms with Crippen molar-refractivity contribution in [1.82, 2.24) is 4.98 Å². The molecule has 18 heavy (non-hydrogen) atoms. The van der Waals surface area contributed by atoms with Crippen molar-refractivity contribution in [3.05, 3.63) is 30.3 Å². The molecule has 0 aliphatic heterocycles. The monoisotopic (exact) mass is 243 g/mol. The van der Waals surface area contributed by atoms with Crippen LogP contribution in [0.5, 0.6) is 0 Å². The maximum Gasteiger partial charge on any atom is 0.139 e. The Balaban J connectivity index is 2.68. The predicted octanol–water partition coefficient (Wildman–Crippen LogP) is 3.44. The topological polar surface area (TPSA) is 42.2 Å². The Kier molecular flexibility index (Phi) is 3.41. The van der Waals surface area contributed by atoms with E-state index in [0.717, 1.165) is 16.6 Å². The molecule has 0 bridgehead atoms. The Labute approximate surface area is 109 Å². The fourth-order valence-corrected chi connectivity index (χ4v) is 2.48. The summed E-state index contributed by atoms with van der Waals surface area (Å²) in [5.74, 6) is 1.56. The van der Waals surface area contributed by atoms with Gasteiger partial charge in [0, 0.05) is 17.5 Å². The third-order valence-corrected chi connectivity index (χ3v) is 3.10. The number of aromatic nitrogens is 1. The summed E-state index contributed by atoms with van der Waals surface area (Å²) in [6.07, 6.45) is 0. The van der Waals surface area contributed by atoms with E-state index in [1.807, 2.05) is 18.2 Å². The number of fused-ring (bicyclic) bond motifs is 1.